The fraction of sp³-hybridized carbons (Fsp3) is 0.222. The van der Waals surface area contributed by atoms with E-state index in [0.29, 0.717) is 12.1 Å². The fourth-order valence-electron chi connectivity index (χ4n) is 0.615. The molecule has 0 aromatic heterocycles. The molecule has 0 aromatic rings. The third kappa shape index (κ3) is 3.99. The van der Waals surface area contributed by atoms with Crippen LogP contribution in [-0.4, -0.2) is 0 Å². The Morgan fingerprint density at radius 1 is 1.64 bits per heavy atom. The SMILES string of the molecule is C=C(N)/C=C(/C)C(=C)CC#N. The predicted molar refractivity (Wildman–Crippen MR) is 46.5 cm³/mol. The maximum absolute atomic E-state index is 8.33. The van der Waals surface area contributed by atoms with Crippen LogP contribution >= 0.6 is 0 Å². The Morgan fingerprint density at radius 2 is 2.18 bits per heavy atom. The van der Waals surface area contributed by atoms with E-state index in [1.807, 2.05) is 13.0 Å². The molecule has 58 valence electrons. The number of hydrogen-bond acceptors (Lipinski definition) is 2. The Bertz CT molecular complexity index is 241. The van der Waals surface area contributed by atoms with E-state index in [9.17, 15) is 0 Å². The molecular formula is C9H12N2. The van der Waals surface area contributed by atoms with Crippen LogP contribution in [0.2, 0.25) is 0 Å². The van der Waals surface area contributed by atoms with Gasteiger partial charge in [0.25, 0.3) is 0 Å². The quantitative estimate of drug-likeness (QED) is 0.621. The Hall–Kier alpha value is -1.49. The average Bonchev–Trinajstić information content (AvgIpc) is 1.86. The number of nitriles is 1. The van der Waals surface area contributed by atoms with Crippen molar-refractivity contribution in [3.63, 3.8) is 0 Å². The van der Waals surface area contributed by atoms with E-state index in [1.165, 1.54) is 0 Å². The molecule has 0 atom stereocenters. The second-order valence-electron chi connectivity index (χ2n) is 2.34. The van der Waals surface area contributed by atoms with Gasteiger partial charge < -0.3 is 5.73 Å². The summed E-state index contributed by atoms with van der Waals surface area (Å²) in [4.78, 5) is 0. The molecule has 0 bridgehead atoms. The van der Waals surface area contributed by atoms with Crippen molar-refractivity contribution in [1.29, 1.82) is 5.26 Å². The Morgan fingerprint density at radius 3 is 2.55 bits per heavy atom. The minimum absolute atomic E-state index is 0.343. The maximum atomic E-state index is 8.33. The van der Waals surface area contributed by atoms with Crippen LogP contribution in [0.3, 0.4) is 0 Å². The van der Waals surface area contributed by atoms with Gasteiger partial charge in [-0.05, 0) is 24.1 Å². The second-order valence-corrected chi connectivity index (χ2v) is 2.34. The summed E-state index contributed by atoms with van der Waals surface area (Å²) in [5, 5.41) is 8.33. The first-order valence-electron chi connectivity index (χ1n) is 3.25. The van der Waals surface area contributed by atoms with Crippen LogP contribution < -0.4 is 5.73 Å². The van der Waals surface area contributed by atoms with Gasteiger partial charge in [0.1, 0.15) is 0 Å². The maximum Gasteiger partial charge on any atom is 0.0669 e. The van der Waals surface area contributed by atoms with Gasteiger partial charge in [-0.15, -0.1) is 0 Å². The summed E-state index contributed by atoms with van der Waals surface area (Å²) in [5.41, 5.74) is 7.53. The van der Waals surface area contributed by atoms with Crippen LogP contribution in [0.4, 0.5) is 0 Å². The summed E-state index contributed by atoms with van der Waals surface area (Å²) >= 11 is 0. The molecule has 0 heterocycles. The molecule has 2 heteroatoms. The van der Waals surface area contributed by atoms with E-state index >= 15 is 0 Å². The molecule has 0 spiro atoms. The van der Waals surface area contributed by atoms with Gasteiger partial charge in [-0.2, -0.15) is 5.26 Å². The molecule has 0 aliphatic heterocycles. The van der Waals surface area contributed by atoms with Gasteiger partial charge in [0.2, 0.25) is 0 Å². The lowest BCUT2D eigenvalue weighted by Gasteiger charge is -1.99. The molecule has 0 amide bonds. The fourth-order valence-corrected chi connectivity index (χ4v) is 0.615. The van der Waals surface area contributed by atoms with Crippen LogP contribution in [0.25, 0.3) is 0 Å². The summed E-state index contributed by atoms with van der Waals surface area (Å²) in [7, 11) is 0. The highest BCUT2D eigenvalue weighted by atomic mass is 14.5. The van der Waals surface area contributed by atoms with Gasteiger partial charge in [0.05, 0.1) is 12.5 Å². The van der Waals surface area contributed by atoms with Crippen molar-refractivity contribution in [2.75, 3.05) is 0 Å². The van der Waals surface area contributed by atoms with Crippen LogP contribution in [-0.2, 0) is 0 Å². The van der Waals surface area contributed by atoms with Crippen LogP contribution in [0.1, 0.15) is 13.3 Å². The molecular weight excluding hydrogens is 136 g/mol. The Balaban J connectivity index is 4.26. The molecule has 0 saturated carbocycles. The zero-order valence-electron chi connectivity index (χ0n) is 6.72. The summed E-state index contributed by atoms with van der Waals surface area (Å²) in [6.45, 7) is 9.08. The zero-order chi connectivity index (χ0) is 8.85. The van der Waals surface area contributed by atoms with Gasteiger partial charge in [0, 0.05) is 5.70 Å². The van der Waals surface area contributed by atoms with Crippen molar-refractivity contribution >= 4 is 0 Å². The smallest absolute Gasteiger partial charge is 0.0669 e. The van der Waals surface area contributed by atoms with E-state index in [0.717, 1.165) is 11.1 Å². The van der Waals surface area contributed by atoms with Gasteiger partial charge in [-0.3, -0.25) is 0 Å². The molecule has 2 N–H and O–H groups in total. The van der Waals surface area contributed by atoms with E-state index in [4.69, 9.17) is 11.0 Å². The lowest BCUT2D eigenvalue weighted by molar-refractivity contribution is 1.21. The first kappa shape index (κ1) is 9.51. The molecule has 11 heavy (non-hydrogen) atoms. The van der Waals surface area contributed by atoms with Crippen molar-refractivity contribution in [3.8, 4) is 6.07 Å². The van der Waals surface area contributed by atoms with Crippen molar-refractivity contribution in [3.05, 3.63) is 36.1 Å². The van der Waals surface area contributed by atoms with Crippen molar-refractivity contribution in [2.24, 2.45) is 5.73 Å². The first-order chi connectivity index (χ1) is 5.07. The van der Waals surface area contributed by atoms with E-state index in [2.05, 4.69) is 13.2 Å². The van der Waals surface area contributed by atoms with Crippen molar-refractivity contribution < 1.29 is 0 Å². The topological polar surface area (TPSA) is 49.8 Å². The summed E-state index contributed by atoms with van der Waals surface area (Å²) in [6.07, 6.45) is 2.05. The minimum atomic E-state index is 0.343. The standard InChI is InChI=1S/C9H12N2/c1-7(4-5-10)8(2)6-9(3)11/h6H,1,3-4,11H2,2H3/b8-6-. The largest absolute Gasteiger partial charge is 0.399 e. The molecule has 0 aromatic carbocycles. The third-order valence-corrected chi connectivity index (χ3v) is 1.25. The zero-order valence-corrected chi connectivity index (χ0v) is 6.72. The number of rotatable bonds is 3. The normalized spacial score (nSPS) is 10.4. The highest BCUT2D eigenvalue weighted by molar-refractivity contribution is 5.33. The summed E-state index contributed by atoms with van der Waals surface area (Å²) < 4.78 is 0. The summed E-state index contributed by atoms with van der Waals surface area (Å²) in [5.74, 6) is 0. The highest BCUT2D eigenvalue weighted by Crippen LogP contribution is 2.10. The lowest BCUT2D eigenvalue weighted by Crippen LogP contribution is -1.92. The second kappa shape index (κ2) is 4.35. The third-order valence-electron chi connectivity index (χ3n) is 1.25. The van der Waals surface area contributed by atoms with E-state index in [1.54, 1.807) is 6.08 Å². The molecule has 0 saturated heterocycles. The lowest BCUT2D eigenvalue weighted by atomic mass is 10.1. The van der Waals surface area contributed by atoms with Crippen LogP contribution in [0.15, 0.2) is 36.1 Å². The van der Waals surface area contributed by atoms with Crippen molar-refractivity contribution in [1.82, 2.24) is 0 Å². The minimum Gasteiger partial charge on any atom is -0.399 e. The van der Waals surface area contributed by atoms with Gasteiger partial charge in [-0.25, -0.2) is 0 Å². The molecule has 0 radical (unpaired) electrons. The van der Waals surface area contributed by atoms with Gasteiger partial charge >= 0.3 is 0 Å². The molecule has 2 nitrogen and oxygen atoms in total. The van der Waals surface area contributed by atoms with E-state index in [-0.39, 0.29) is 0 Å². The van der Waals surface area contributed by atoms with Gasteiger partial charge in [0.15, 0.2) is 0 Å². The molecule has 0 unspecified atom stereocenters. The number of nitrogens with two attached hydrogens (primary N) is 1. The molecule has 0 aliphatic carbocycles. The van der Waals surface area contributed by atoms with Crippen LogP contribution in [0.5, 0.6) is 0 Å². The number of hydrogen-bond donors (Lipinski definition) is 1. The Labute approximate surface area is 67.3 Å². The van der Waals surface area contributed by atoms with Gasteiger partial charge in [-0.1, -0.05) is 13.2 Å². The predicted octanol–water partition coefficient (Wildman–Crippen LogP) is 1.87. The first-order valence-corrected chi connectivity index (χ1v) is 3.25. The molecule has 0 aliphatic rings. The summed E-state index contributed by atoms with van der Waals surface area (Å²) in [6, 6.07) is 2.01. The molecule has 0 rings (SSSR count). The average molecular weight is 148 g/mol. The number of nitrogens with zero attached hydrogens (tertiary/aromatic N) is 1. The number of allylic oxidation sites excluding steroid dienone is 3. The molecule has 0 fully saturated rings. The highest BCUT2D eigenvalue weighted by Gasteiger charge is 1.94. The monoisotopic (exact) mass is 148 g/mol. The van der Waals surface area contributed by atoms with Crippen molar-refractivity contribution in [2.45, 2.75) is 13.3 Å². The van der Waals surface area contributed by atoms with Crippen LogP contribution in [0, 0.1) is 11.3 Å². The van der Waals surface area contributed by atoms with E-state index < -0.39 is 0 Å². The Kier molecular flexibility index (Phi) is 3.76.